The van der Waals surface area contributed by atoms with Crippen LogP contribution < -0.4 is 14.2 Å². The number of rotatable bonds is 4. The van der Waals surface area contributed by atoms with E-state index >= 15 is 0 Å². The molecule has 0 unspecified atom stereocenters. The van der Waals surface area contributed by atoms with E-state index < -0.39 is 0 Å². The number of methoxy groups -OCH3 is 1. The molecular weight excluding hydrogens is 452 g/mol. The second kappa shape index (κ2) is 8.57. The molecule has 0 aliphatic carbocycles. The van der Waals surface area contributed by atoms with Gasteiger partial charge in [-0.15, -0.1) is 0 Å². The normalized spacial score (nSPS) is 16.1. The lowest BCUT2D eigenvalue weighted by atomic mass is 9.98. The van der Waals surface area contributed by atoms with Crippen LogP contribution in [0.4, 0.5) is 0 Å². The van der Waals surface area contributed by atoms with Crippen molar-refractivity contribution < 1.29 is 19.0 Å². The number of hydrogen-bond donors (Lipinski definition) is 0. The van der Waals surface area contributed by atoms with Gasteiger partial charge in [0.2, 0.25) is 5.78 Å². The fraction of sp³-hybridized carbons (Fsp3) is 0.233. The van der Waals surface area contributed by atoms with Gasteiger partial charge in [-0.1, -0.05) is 29.8 Å². The summed E-state index contributed by atoms with van der Waals surface area (Å²) in [6.45, 7) is 5.93. The van der Waals surface area contributed by atoms with Crippen LogP contribution in [-0.4, -0.2) is 29.1 Å². The molecule has 0 spiro atoms. The molecule has 6 nitrogen and oxygen atoms in total. The molecule has 2 aliphatic rings. The van der Waals surface area contributed by atoms with Gasteiger partial charge in [0, 0.05) is 42.8 Å². The van der Waals surface area contributed by atoms with Gasteiger partial charge in [-0.05, 0) is 55.3 Å². The highest BCUT2D eigenvalue weighted by molar-refractivity contribution is 6.16. The number of ether oxygens (including phenoxy) is 3. The molecule has 0 saturated carbocycles. The van der Waals surface area contributed by atoms with Crippen molar-refractivity contribution in [3.05, 3.63) is 93.9 Å². The monoisotopic (exact) mass is 480 g/mol. The second-order valence-corrected chi connectivity index (χ2v) is 9.64. The van der Waals surface area contributed by atoms with Crippen LogP contribution in [0.3, 0.4) is 0 Å². The van der Waals surface area contributed by atoms with E-state index in [2.05, 4.69) is 36.1 Å². The van der Waals surface area contributed by atoms with E-state index in [1.54, 1.807) is 7.11 Å². The van der Waals surface area contributed by atoms with Crippen molar-refractivity contribution in [1.82, 2.24) is 9.47 Å². The summed E-state index contributed by atoms with van der Waals surface area (Å²) in [7, 11) is 3.64. The van der Waals surface area contributed by atoms with Crippen LogP contribution in [0.25, 0.3) is 17.0 Å². The van der Waals surface area contributed by atoms with Crippen molar-refractivity contribution in [2.24, 2.45) is 7.05 Å². The average Bonchev–Trinajstić information content (AvgIpc) is 3.37. The van der Waals surface area contributed by atoms with Gasteiger partial charge in [0.1, 0.15) is 24.0 Å². The smallest absolute Gasteiger partial charge is 0.232 e. The first kappa shape index (κ1) is 22.4. The van der Waals surface area contributed by atoms with Gasteiger partial charge >= 0.3 is 0 Å². The number of aryl methyl sites for hydroxylation is 3. The molecule has 0 saturated heterocycles. The Hall–Kier alpha value is -4.03. The third-order valence-corrected chi connectivity index (χ3v) is 7.03. The minimum Gasteiger partial charge on any atom is -0.497 e. The van der Waals surface area contributed by atoms with E-state index in [4.69, 9.17) is 14.2 Å². The fourth-order valence-corrected chi connectivity index (χ4v) is 5.11. The Morgan fingerprint density at radius 1 is 1.08 bits per heavy atom. The summed E-state index contributed by atoms with van der Waals surface area (Å²) >= 11 is 0. The van der Waals surface area contributed by atoms with E-state index in [1.165, 1.54) is 11.1 Å². The van der Waals surface area contributed by atoms with E-state index in [-0.39, 0.29) is 5.78 Å². The number of allylic oxidation sites excluding steroid dienone is 1. The topological polar surface area (TPSA) is 52.9 Å². The minimum atomic E-state index is -0.0964. The molecule has 0 amide bonds. The van der Waals surface area contributed by atoms with Gasteiger partial charge < -0.3 is 18.8 Å². The molecule has 1 aromatic heterocycles. The minimum absolute atomic E-state index is 0.0964. The second-order valence-electron chi connectivity index (χ2n) is 9.64. The summed E-state index contributed by atoms with van der Waals surface area (Å²) in [5.74, 6) is 2.40. The third-order valence-electron chi connectivity index (χ3n) is 7.03. The number of benzene rings is 3. The Kier molecular flexibility index (Phi) is 5.34. The highest BCUT2D eigenvalue weighted by atomic mass is 16.5. The molecule has 0 atom stereocenters. The van der Waals surface area contributed by atoms with Crippen molar-refractivity contribution in [3.63, 3.8) is 0 Å². The SMILES string of the molecule is COc1ccc2c(c1)c(/C=C1\Oc3c4c(cc(C)c3C1=O)OCN(Cc1ccc(C)cc1)C4)cn2C. The predicted molar refractivity (Wildman–Crippen MR) is 140 cm³/mol. The maximum Gasteiger partial charge on any atom is 0.232 e. The summed E-state index contributed by atoms with van der Waals surface area (Å²) in [5, 5.41) is 1.00. The number of Topliss-reactive ketones (excluding diaryl/α,β-unsaturated/α-hetero) is 1. The predicted octanol–water partition coefficient (Wildman–Crippen LogP) is 5.77. The summed E-state index contributed by atoms with van der Waals surface area (Å²) in [6.07, 6.45) is 3.84. The van der Waals surface area contributed by atoms with E-state index in [0.29, 0.717) is 30.3 Å². The Bertz CT molecular complexity index is 1550. The number of nitrogens with zero attached hydrogens (tertiary/aromatic N) is 2. The Morgan fingerprint density at radius 2 is 1.89 bits per heavy atom. The van der Waals surface area contributed by atoms with Crippen LogP contribution in [0.5, 0.6) is 17.2 Å². The highest BCUT2D eigenvalue weighted by Gasteiger charge is 2.35. The molecule has 2 aliphatic heterocycles. The number of fused-ring (bicyclic) bond motifs is 4. The summed E-state index contributed by atoms with van der Waals surface area (Å²) in [5.41, 5.74) is 6.83. The molecule has 0 bridgehead atoms. The fourth-order valence-electron chi connectivity index (χ4n) is 5.11. The molecule has 4 aromatic rings. The van der Waals surface area contributed by atoms with Crippen LogP contribution in [0.2, 0.25) is 0 Å². The van der Waals surface area contributed by atoms with Crippen molar-refractivity contribution in [1.29, 1.82) is 0 Å². The van der Waals surface area contributed by atoms with Gasteiger partial charge in [0.05, 0.1) is 18.2 Å². The van der Waals surface area contributed by atoms with Crippen LogP contribution >= 0.6 is 0 Å². The molecule has 36 heavy (non-hydrogen) atoms. The van der Waals surface area contributed by atoms with E-state index in [0.717, 1.165) is 45.6 Å². The van der Waals surface area contributed by atoms with Crippen LogP contribution in [0.15, 0.2) is 60.5 Å². The van der Waals surface area contributed by atoms with Gasteiger partial charge in [0.15, 0.2) is 5.76 Å². The standard InChI is InChI=1S/C30H28N2O4/c1-18-5-7-20(8-6-18)14-32-16-24-26(35-17-32)11-19(2)28-29(33)27(36-30(24)28)12-21-15-31(3)25-10-9-22(34-4)13-23(21)25/h5-13,15H,14,16-17H2,1-4H3/b27-12-. The van der Waals surface area contributed by atoms with E-state index in [1.807, 2.05) is 55.1 Å². The largest absolute Gasteiger partial charge is 0.497 e. The van der Waals surface area contributed by atoms with Crippen LogP contribution in [0, 0.1) is 13.8 Å². The molecule has 3 aromatic carbocycles. The molecular formula is C30H28N2O4. The third kappa shape index (κ3) is 3.74. The van der Waals surface area contributed by atoms with E-state index in [9.17, 15) is 4.79 Å². The first-order valence-corrected chi connectivity index (χ1v) is 12.1. The summed E-state index contributed by atoms with van der Waals surface area (Å²) in [6, 6.07) is 16.4. The zero-order valence-corrected chi connectivity index (χ0v) is 20.9. The number of carbonyl (C=O) groups is 1. The highest BCUT2D eigenvalue weighted by Crippen LogP contribution is 2.44. The Morgan fingerprint density at radius 3 is 2.67 bits per heavy atom. The maximum atomic E-state index is 13.5. The summed E-state index contributed by atoms with van der Waals surface area (Å²) < 4.78 is 19.9. The molecule has 6 heteroatoms. The van der Waals surface area contributed by atoms with Crippen LogP contribution in [0.1, 0.15) is 38.2 Å². The number of hydrogen-bond acceptors (Lipinski definition) is 5. The average molecular weight is 481 g/mol. The van der Waals surface area contributed by atoms with Gasteiger partial charge in [0.25, 0.3) is 0 Å². The first-order chi connectivity index (χ1) is 17.4. The lowest BCUT2D eigenvalue weighted by Crippen LogP contribution is -2.31. The van der Waals surface area contributed by atoms with Crippen molar-refractivity contribution in [2.75, 3.05) is 13.8 Å². The maximum absolute atomic E-state index is 13.5. The van der Waals surface area contributed by atoms with Gasteiger partial charge in [-0.2, -0.15) is 0 Å². The molecule has 0 fully saturated rings. The molecule has 0 N–H and O–H groups in total. The Balaban J connectivity index is 1.35. The number of aromatic nitrogens is 1. The van der Waals surface area contributed by atoms with Crippen molar-refractivity contribution in [3.8, 4) is 17.2 Å². The van der Waals surface area contributed by atoms with Gasteiger partial charge in [-0.25, -0.2) is 0 Å². The molecule has 182 valence electrons. The number of ketones is 1. The first-order valence-electron chi connectivity index (χ1n) is 12.1. The molecule has 3 heterocycles. The lowest BCUT2D eigenvalue weighted by Gasteiger charge is -2.30. The van der Waals surface area contributed by atoms with Crippen molar-refractivity contribution >= 4 is 22.8 Å². The quantitative estimate of drug-likeness (QED) is 0.347. The lowest BCUT2D eigenvalue weighted by molar-refractivity contribution is 0.0872. The molecule has 0 radical (unpaired) electrons. The van der Waals surface area contributed by atoms with Crippen LogP contribution in [-0.2, 0) is 20.1 Å². The zero-order chi connectivity index (χ0) is 25.0. The zero-order valence-electron chi connectivity index (χ0n) is 20.9. The summed E-state index contributed by atoms with van der Waals surface area (Å²) in [4.78, 5) is 15.7. The van der Waals surface area contributed by atoms with Gasteiger partial charge in [-0.3, -0.25) is 9.69 Å². The number of carbonyl (C=O) groups excluding carboxylic acids is 1. The molecule has 6 rings (SSSR count). The Labute approximate surface area is 210 Å². The van der Waals surface area contributed by atoms with Crippen molar-refractivity contribution in [2.45, 2.75) is 26.9 Å².